The number of rotatable bonds is 1. The van der Waals surface area contributed by atoms with Gasteiger partial charge in [-0.1, -0.05) is 6.92 Å². The summed E-state index contributed by atoms with van der Waals surface area (Å²) in [5.41, 5.74) is 0. The molecule has 0 fully saturated rings. The minimum absolute atomic E-state index is 0. The molecule has 0 aromatic rings. The Morgan fingerprint density at radius 2 is 1.71 bits per heavy atom. The predicted molar refractivity (Wildman–Crippen MR) is 26.7 cm³/mol. The summed E-state index contributed by atoms with van der Waals surface area (Å²) in [6.45, 7) is 4.18. The molecule has 43 valence electrons. The largest absolute Gasteiger partial charge is 0.463 e. The van der Waals surface area contributed by atoms with Crippen LogP contribution in [0.2, 0.25) is 0 Å². The minimum atomic E-state index is 0. The molecule has 0 nitrogen and oxygen atoms in total. The quantitative estimate of drug-likeness (QED) is 0.542. The molecule has 1 radical (unpaired) electrons. The van der Waals surface area contributed by atoms with Crippen LogP contribution in [0.4, 0.5) is 4.39 Å². The molecule has 0 aromatic heterocycles. The molecule has 0 saturated heterocycles. The van der Waals surface area contributed by atoms with Gasteiger partial charge in [0.25, 0.3) is 0 Å². The summed E-state index contributed by atoms with van der Waals surface area (Å²) < 4.78 is 9.25. The number of halogens is 1. The Labute approximate surface area is 70.8 Å². The van der Waals surface area contributed by atoms with E-state index in [0.29, 0.717) is 0 Å². The van der Waals surface area contributed by atoms with E-state index in [1.54, 1.807) is 7.18 Å². The normalized spacial score (nSPS) is 5.14. The molecule has 7 heavy (non-hydrogen) atoms. The maximum Gasteiger partial charge on any atom is 0 e. The molecule has 0 aromatic carbocycles. The average Bonchev–Trinajstić information content (AvgIpc) is 1.72. The molecule has 0 atom stereocenters. The van der Waals surface area contributed by atoms with Crippen LogP contribution in [0, 0.1) is 13.6 Å². The van der Waals surface area contributed by atoms with Gasteiger partial charge in [-0.15, -0.1) is 0 Å². The van der Waals surface area contributed by atoms with Gasteiger partial charge < -0.3 is 10.8 Å². The molecule has 0 aliphatic rings. The van der Waals surface area contributed by atoms with Crippen LogP contribution < -0.4 is 0 Å². The topological polar surface area (TPSA) is 0 Å². The van der Waals surface area contributed by atoms with E-state index in [2.05, 4.69) is 20.3 Å². The summed E-state index contributed by atoms with van der Waals surface area (Å²) in [7, 11) is 1.75. The Kier molecular flexibility index (Phi) is 62.3. The van der Waals surface area contributed by atoms with Gasteiger partial charge >= 0.3 is 0 Å². The summed E-state index contributed by atoms with van der Waals surface area (Å²) in [6.07, 6.45) is 3.32. The van der Waals surface area contributed by atoms with Gasteiger partial charge in [-0.05, 0) is 0 Å². The van der Waals surface area contributed by atoms with Crippen molar-refractivity contribution in [3.05, 3.63) is 13.6 Å². The SMILES string of the molecule is C[CH-]CC.[CH2-]F.[Y]. The molecule has 0 amide bonds. The van der Waals surface area contributed by atoms with E-state index < -0.39 is 0 Å². The van der Waals surface area contributed by atoms with Gasteiger partial charge in [0.15, 0.2) is 0 Å². The van der Waals surface area contributed by atoms with Crippen LogP contribution in [-0.4, -0.2) is 0 Å². The van der Waals surface area contributed by atoms with Crippen molar-refractivity contribution in [2.24, 2.45) is 0 Å². The summed E-state index contributed by atoms with van der Waals surface area (Å²) in [5.74, 6) is 0. The van der Waals surface area contributed by atoms with Gasteiger partial charge in [0.2, 0.25) is 0 Å². The first kappa shape index (κ1) is 15.7. The fourth-order valence-corrected chi connectivity index (χ4v) is 0. The van der Waals surface area contributed by atoms with E-state index in [9.17, 15) is 4.39 Å². The maximum atomic E-state index is 9.25. The Bertz CT molecular complexity index is 10.0. The van der Waals surface area contributed by atoms with Crippen molar-refractivity contribution in [1.82, 2.24) is 0 Å². The van der Waals surface area contributed by atoms with E-state index in [-0.39, 0.29) is 32.7 Å². The van der Waals surface area contributed by atoms with Crippen molar-refractivity contribution in [3.63, 3.8) is 0 Å². The predicted octanol–water partition coefficient (Wildman–Crippen LogP) is 2.37. The standard InChI is InChI=1S/C4H9.CH2F.Y/c1-3-4-2;1-2;/h3H,4H2,1-2H3;1H2;/q2*-1;. The van der Waals surface area contributed by atoms with Crippen molar-refractivity contribution in [3.8, 4) is 0 Å². The second-order valence-corrected chi connectivity index (χ2v) is 0.816. The van der Waals surface area contributed by atoms with Crippen LogP contribution in [0.1, 0.15) is 20.3 Å². The minimum Gasteiger partial charge on any atom is -0.463 e. The van der Waals surface area contributed by atoms with Gasteiger partial charge in [-0.25, -0.2) is 0 Å². The molecule has 0 spiro atoms. The van der Waals surface area contributed by atoms with Gasteiger partial charge in [-0.3, -0.25) is 0 Å². The maximum absolute atomic E-state index is 9.25. The molecule has 0 aliphatic heterocycles. The Morgan fingerprint density at radius 1 is 1.57 bits per heavy atom. The van der Waals surface area contributed by atoms with Crippen LogP contribution >= 0.6 is 0 Å². The molecule has 0 unspecified atom stereocenters. The Morgan fingerprint density at radius 3 is 1.71 bits per heavy atom. The van der Waals surface area contributed by atoms with Crippen LogP contribution in [0.5, 0.6) is 0 Å². The second kappa shape index (κ2) is 27.8. The zero-order valence-corrected chi connectivity index (χ0v) is 7.79. The fraction of sp³-hybridized carbons (Fsp3) is 0.600. The van der Waals surface area contributed by atoms with Crippen LogP contribution in [0.25, 0.3) is 0 Å². The van der Waals surface area contributed by atoms with E-state index in [0.717, 1.165) is 0 Å². The third-order valence-corrected chi connectivity index (χ3v) is 0.408. The summed E-state index contributed by atoms with van der Waals surface area (Å²) in [4.78, 5) is 0. The van der Waals surface area contributed by atoms with Crippen molar-refractivity contribution in [1.29, 1.82) is 0 Å². The summed E-state index contributed by atoms with van der Waals surface area (Å²) in [6, 6.07) is 0. The van der Waals surface area contributed by atoms with E-state index >= 15 is 0 Å². The Balaban J connectivity index is -0.0000000480. The van der Waals surface area contributed by atoms with Gasteiger partial charge in [0.1, 0.15) is 0 Å². The van der Waals surface area contributed by atoms with Crippen molar-refractivity contribution in [2.75, 3.05) is 0 Å². The molecule has 0 heterocycles. The van der Waals surface area contributed by atoms with Crippen LogP contribution in [0.3, 0.4) is 0 Å². The molecule has 0 aliphatic carbocycles. The first-order valence-corrected chi connectivity index (χ1v) is 1.96. The third-order valence-electron chi connectivity index (χ3n) is 0.408. The van der Waals surface area contributed by atoms with E-state index in [4.69, 9.17) is 0 Å². The molecule has 2 heteroatoms. The number of hydrogen-bond donors (Lipinski definition) is 0. The van der Waals surface area contributed by atoms with Crippen molar-refractivity contribution in [2.45, 2.75) is 20.3 Å². The third kappa shape index (κ3) is 43.1. The van der Waals surface area contributed by atoms with Gasteiger partial charge in [0, 0.05) is 32.7 Å². The summed E-state index contributed by atoms with van der Waals surface area (Å²) >= 11 is 0. The zero-order chi connectivity index (χ0) is 5.41. The smallest absolute Gasteiger partial charge is 0 e. The van der Waals surface area contributed by atoms with Gasteiger partial charge in [-0.2, -0.15) is 20.5 Å². The molecule has 0 N–H and O–H groups in total. The first-order valence-electron chi connectivity index (χ1n) is 1.96. The van der Waals surface area contributed by atoms with Crippen molar-refractivity contribution >= 4 is 0 Å². The fourth-order valence-electron chi connectivity index (χ4n) is 0. The number of hydrogen-bond acceptors (Lipinski definition) is 0. The number of unbranched alkanes of at least 4 members (excludes halogenated alkanes) is 1. The van der Waals surface area contributed by atoms with Crippen LogP contribution in [-0.2, 0) is 32.7 Å². The van der Waals surface area contributed by atoms with Crippen molar-refractivity contribution < 1.29 is 37.1 Å². The average molecular weight is 179 g/mol. The Hall–Kier alpha value is 1.03. The van der Waals surface area contributed by atoms with Crippen LogP contribution in [0.15, 0.2) is 0 Å². The van der Waals surface area contributed by atoms with Gasteiger partial charge in [0.05, 0.1) is 0 Å². The molecular formula is C5H11FY-2. The molecule has 0 saturated carbocycles. The first-order chi connectivity index (χ1) is 2.91. The molecule has 0 bridgehead atoms. The van der Waals surface area contributed by atoms with E-state index in [1.807, 2.05) is 0 Å². The van der Waals surface area contributed by atoms with E-state index in [1.165, 1.54) is 6.42 Å². The zero-order valence-electron chi connectivity index (χ0n) is 4.95. The summed E-state index contributed by atoms with van der Waals surface area (Å²) in [5, 5.41) is 0. The molecule has 0 rings (SSSR count). The molecular weight excluding hydrogens is 168 g/mol. The second-order valence-electron chi connectivity index (χ2n) is 0.816. The monoisotopic (exact) mass is 179 g/mol.